The molecule has 0 spiro atoms. The average molecular weight is 227 g/mol. The lowest BCUT2D eigenvalue weighted by Crippen LogP contribution is -2.09. The van der Waals surface area contributed by atoms with Crippen molar-refractivity contribution in [2.45, 2.75) is 6.92 Å². The van der Waals surface area contributed by atoms with E-state index in [9.17, 15) is 9.18 Å². The molecule has 0 aliphatic carbocycles. The van der Waals surface area contributed by atoms with Crippen molar-refractivity contribution >= 4 is 11.7 Å². The number of anilines is 1. The number of esters is 1. The zero-order valence-corrected chi connectivity index (χ0v) is 9.03. The molecule has 16 heavy (non-hydrogen) atoms. The molecule has 0 fully saturated rings. The Labute approximate surface area is 93.2 Å². The Kier molecular flexibility index (Phi) is 4.57. The summed E-state index contributed by atoms with van der Waals surface area (Å²) in [7, 11) is 0. The van der Waals surface area contributed by atoms with E-state index in [1.165, 1.54) is 12.1 Å². The number of hydrogen-bond donors (Lipinski definition) is 1. The van der Waals surface area contributed by atoms with Gasteiger partial charge >= 0.3 is 5.97 Å². The molecule has 1 rings (SSSR count). The van der Waals surface area contributed by atoms with Gasteiger partial charge in [-0.15, -0.1) is 0 Å². The zero-order valence-electron chi connectivity index (χ0n) is 9.03. The fourth-order valence-electron chi connectivity index (χ4n) is 1.18. The second kappa shape index (κ2) is 5.95. The van der Waals surface area contributed by atoms with E-state index in [0.29, 0.717) is 5.69 Å². The van der Waals surface area contributed by atoms with Crippen LogP contribution in [0.1, 0.15) is 17.3 Å². The summed E-state index contributed by atoms with van der Waals surface area (Å²) in [6, 6.07) is 4.54. The van der Waals surface area contributed by atoms with E-state index in [-0.39, 0.29) is 24.5 Å². The van der Waals surface area contributed by atoms with Gasteiger partial charge < -0.3 is 15.2 Å². The summed E-state index contributed by atoms with van der Waals surface area (Å²) in [4.78, 5) is 11.5. The van der Waals surface area contributed by atoms with Crippen LogP contribution in [0.5, 0.6) is 5.75 Å². The molecule has 0 heterocycles. The maximum absolute atomic E-state index is 12.0. The number of halogens is 1. The summed E-state index contributed by atoms with van der Waals surface area (Å²) in [5.74, 6) is -0.257. The molecular formula is C11H14FNO3. The van der Waals surface area contributed by atoms with E-state index < -0.39 is 12.6 Å². The molecule has 0 atom stereocenters. The molecule has 0 amide bonds. The number of nitrogens with two attached hydrogens (primary N) is 1. The van der Waals surface area contributed by atoms with Crippen molar-refractivity contribution in [2.24, 2.45) is 0 Å². The molecule has 0 saturated carbocycles. The molecule has 2 N–H and O–H groups in total. The van der Waals surface area contributed by atoms with Crippen LogP contribution in [0.2, 0.25) is 0 Å². The summed E-state index contributed by atoms with van der Waals surface area (Å²) in [5, 5.41) is 0. The van der Waals surface area contributed by atoms with Gasteiger partial charge in [-0.1, -0.05) is 0 Å². The third kappa shape index (κ3) is 3.12. The topological polar surface area (TPSA) is 61.5 Å². The highest BCUT2D eigenvalue weighted by Gasteiger charge is 2.13. The lowest BCUT2D eigenvalue weighted by Gasteiger charge is -2.10. The first-order valence-electron chi connectivity index (χ1n) is 4.94. The molecule has 0 aromatic heterocycles. The van der Waals surface area contributed by atoms with Crippen molar-refractivity contribution in [1.82, 2.24) is 0 Å². The molecular weight excluding hydrogens is 213 g/mol. The van der Waals surface area contributed by atoms with E-state index >= 15 is 0 Å². The molecule has 5 heteroatoms. The van der Waals surface area contributed by atoms with Crippen LogP contribution in [-0.2, 0) is 4.74 Å². The summed E-state index contributed by atoms with van der Waals surface area (Å²) < 4.78 is 21.9. The van der Waals surface area contributed by atoms with Gasteiger partial charge in [-0.25, -0.2) is 9.18 Å². The summed E-state index contributed by atoms with van der Waals surface area (Å²) in [6.07, 6.45) is 0. The Bertz CT molecular complexity index is 368. The Morgan fingerprint density at radius 2 is 2.25 bits per heavy atom. The minimum Gasteiger partial charge on any atom is -0.490 e. The van der Waals surface area contributed by atoms with E-state index in [1.807, 2.05) is 0 Å². The van der Waals surface area contributed by atoms with Crippen LogP contribution in [0.25, 0.3) is 0 Å². The van der Waals surface area contributed by atoms with Crippen molar-refractivity contribution in [2.75, 3.05) is 25.6 Å². The van der Waals surface area contributed by atoms with Crippen molar-refractivity contribution in [1.29, 1.82) is 0 Å². The molecule has 0 bridgehead atoms. The van der Waals surface area contributed by atoms with Gasteiger partial charge in [0.25, 0.3) is 0 Å². The minimum absolute atomic E-state index is 0.115. The number of hydrogen-bond acceptors (Lipinski definition) is 4. The molecule has 0 radical (unpaired) electrons. The number of carbonyl (C=O) groups excluding carboxylic acids is 1. The van der Waals surface area contributed by atoms with Gasteiger partial charge in [0.1, 0.15) is 24.6 Å². The molecule has 1 aromatic rings. The van der Waals surface area contributed by atoms with Gasteiger partial charge in [-0.3, -0.25) is 0 Å². The molecule has 0 saturated heterocycles. The van der Waals surface area contributed by atoms with Gasteiger partial charge in [-0.2, -0.15) is 0 Å². The summed E-state index contributed by atoms with van der Waals surface area (Å²) >= 11 is 0. The average Bonchev–Trinajstić information content (AvgIpc) is 2.26. The van der Waals surface area contributed by atoms with Crippen molar-refractivity contribution in [3.05, 3.63) is 23.8 Å². The normalized spacial score (nSPS) is 9.88. The lowest BCUT2D eigenvalue weighted by atomic mass is 10.2. The highest BCUT2D eigenvalue weighted by molar-refractivity contribution is 5.93. The van der Waals surface area contributed by atoms with E-state index in [2.05, 4.69) is 0 Å². The molecule has 0 aliphatic heterocycles. The molecule has 88 valence electrons. The number of rotatable bonds is 5. The highest BCUT2D eigenvalue weighted by Crippen LogP contribution is 2.22. The fourth-order valence-corrected chi connectivity index (χ4v) is 1.18. The first-order valence-corrected chi connectivity index (χ1v) is 4.94. The molecule has 1 aromatic carbocycles. The monoisotopic (exact) mass is 227 g/mol. The smallest absolute Gasteiger partial charge is 0.341 e. The predicted molar refractivity (Wildman–Crippen MR) is 58.3 cm³/mol. The van der Waals surface area contributed by atoms with E-state index in [0.717, 1.165) is 0 Å². The van der Waals surface area contributed by atoms with Crippen LogP contribution in [0, 0.1) is 0 Å². The van der Waals surface area contributed by atoms with Gasteiger partial charge in [0, 0.05) is 11.8 Å². The number of carbonyl (C=O) groups is 1. The third-order valence-electron chi connectivity index (χ3n) is 1.84. The van der Waals surface area contributed by atoms with Crippen LogP contribution < -0.4 is 10.5 Å². The Morgan fingerprint density at radius 3 is 2.88 bits per heavy atom. The van der Waals surface area contributed by atoms with Crippen LogP contribution in [0.3, 0.4) is 0 Å². The Balaban J connectivity index is 2.92. The van der Waals surface area contributed by atoms with Crippen molar-refractivity contribution < 1.29 is 18.7 Å². The summed E-state index contributed by atoms with van der Waals surface area (Å²) in [5.41, 5.74) is 6.25. The highest BCUT2D eigenvalue weighted by atomic mass is 19.1. The molecule has 0 aliphatic rings. The largest absolute Gasteiger partial charge is 0.490 e. The van der Waals surface area contributed by atoms with Gasteiger partial charge in [-0.05, 0) is 19.1 Å². The standard InChI is InChI=1S/C11H14FNO3/c1-2-15-11(14)9-4-3-8(13)7-10(9)16-6-5-12/h3-4,7H,2,5-6,13H2,1H3. The van der Waals surface area contributed by atoms with Crippen LogP contribution in [-0.4, -0.2) is 25.9 Å². The van der Waals surface area contributed by atoms with E-state index in [1.54, 1.807) is 13.0 Å². The maximum Gasteiger partial charge on any atom is 0.341 e. The van der Waals surface area contributed by atoms with Gasteiger partial charge in [0.05, 0.1) is 6.61 Å². The fraction of sp³-hybridized carbons (Fsp3) is 0.364. The number of nitrogen functional groups attached to an aromatic ring is 1. The van der Waals surface area contributed by atoms with Crippen molar-refractivity contribution in [3.63, 3.8) is 0 Å². The molecule has 0 unspecified atom stereocenters. The zero-order chi connectivity index (χ0) is 12.0. The van der Waals surface area contributed by atoms with Crippen LogP contribution in [0.15, 0.2) is 18.2 Å². The number of benzene rings is 1. The first-order chi connectivity index (χ1) is 7.69. The third-order valence-corrected chi connectivity index (χ3v) is 1.84. The minimum atomic E-state index is -0.628. The molecule has 4 nitrogen and oxygen atoms in total. The van der Waals surface area contributed by atoms with Crippen LogP contribution >= 0.6 is 0 Å². The summed E-state index contributed by atoms with van der Waals surface area (Å²) in [6.45, 7) is 1.23. The van der Waals surface area contributed by atoms with Crippen LogP contribution in [0.4, 0.5) is 10.1 Å². The number of ether oxygens (including phenoxy) is 2. The van der Waals surface area contributed by atoms with Gasteiger partial charge in [0.2, 0.25) is 0 Å². The second-order valence-electron chi connectivity index (χ2n) is 3.01. The number of alkyl halides is 1. The Morgan fingerprint density at radius 1 is 1.50 bits per heavy atom. The SMILES string of the molecule is CCOC(=O)c1ccc(N)cc1OCCF. The van der Waals surface area contributed by atoms with Gasteiger partial charge in [0.15, 0.2) is 0 Å². The first kappa shape index (κ1) is 12.3. The van der Waals surface area contributed by atoms with Crippen molar-refractivity contribution in [3.8, 4) is 5.75 Å². The quantitative estimate of drug-likeness (QED) is 0.615. The lowest BCUT2D eigenvalue weighted by molar-refractivity contribution is 0.0521. The second-order valence-corrected chi connectivity index (χ2v) is 3.01. The predicted octanol–water partition coefficient (Wildman–Crippen LogP) is 1.79. The van der Waals surface area contributed by atoms with E-state index in [4.69, 9.17) is 15.2 Å². The maximum atomic E-state index is 12.0. The Hall–Kier alpha value is -1.78.